The van der Waals surface area contributed by atoms with Gasteiger partial charge in [0.2, 0.25) is 0 Å². The van der Waals surface area contributed by atoms with E-state index >= 15 is 0 Å². The Morgan fingerprint density at radius 1 is 1.18 bits per heavy atom. The second kappa shape index (κ2) is 12.3. The molecule has 2 aromatic rings. The first-order valence-electron chi connectivity index (χ1n) is 10.6. The van der Waals surface area contributed by atoms with Crippen molar-refractivity contribution in [3.05, 3.63) is 58.6 Å². The quantitative estimate of drug-likeness (QED) is 0.327. The van der Waals surface area contributed by atoms with Gasteiger partial charge in [0.05, 0.1) is 0 Å². The van der Waals surface area contributed by atoms with Crippen LogP contribution in [0.25, 0.3) is 0 Å². The van der Waals surface area contributed by atoms with Crippen molar-refractivity contribution in [2.75, 3.05) is 25.6 Å². The molecule has 0 aliphatic carbocycles. The topological polar surface area (TPSA) is 80.3 Å². The third-order valence-corrected chi connectivity index (χ3v) is 9.44. The van der Waals surface area contributed by atoms with Gasteiger partial charge in [-0.15, -0.1) is 0 Å². The van der Waals surface area contributed by atoms with Gasteiger partial charge in [0.15, 0.2) is 0 Å². The van der Waals surface area contributed by atoms with E-state index in [0.29, 0.717) is 18.3 Å². The molecule has 0 radical (unpaired) electrons. The Hall–Kier alpha value is -2.45. The number of benzene rings is 1. The molecule has 2 amide bonds. The van der Waals surface area contributed by atoms with Crippen molar-refractivity contribution in [3.63, 3.8) is 0 Å². The van der Waals surface area contributed by atoms with Crippen molar-refractivity contribution in [2.24, 2.45) is 0 Å². The molecule has 0 aliphatic rings. The Morgan fingerprint density at radius 3 is 2.50 bits per heavy atom. The number of aromatic nitrogens is 1. The molecule has 188 valence electrons. The number of carbonyl (C=O) groups is 2. The second-order valence-corrected chi connectivity index (χ2v) is 13.0. The van der Waals surface area contributed by atoms with Gasteiger partial charge in [-0.25, -0.2) is 0 Å². The summed E-state index contributed by atoms with van der Waals surface area (Å²) in [5.74, 6) is -1.03. The molecule has 6 nitrogen and oxygen atoms in total. The molecular weight excluding hydrogens is 497 g/mol. The summed E-state index contributed by atoms with van der Waals surface area (Å²) in [6.45, 7) is 3.69. The van der Waals surface area contributed by atoms with Crippen LogP contribution in [0.5, 0.6) is 5.75 Å². The average molecular weight is 524 g/mol. The van der Waals surface area contributed by atoms with Gasteiger partial charge in [-0.1, -0.05) is 0 Å². The van der Waals surface area contributed by atoms with Crippen LogP contribution in [0.2, 0.25) is 5.02 Å². The third-order valence-electron chi connectivity index (χ3n) is 5.23. The van der Waals surface area contributed by atoms with E-state index in [2.05, 4.69) is 15.4 Å². The van der Waals surface area contributed by atoms with Crippen LogP contribution in [-0.4, -0.2) is 42.4 Å². The molecule has 12 heteroatoms. The van der Waals surface area contributed by atoms with E-state index in [4.69, 9.17) is 16.3 Å². The van der Waals surface area contributed by atoms with E-state index in [1.165, 1.54) is 18.2 Å². The van der Waals surface area contributed by atoms with Crippen LogP contribution in [0.1, 0.15) is 31.0 Å². The molecule has 2 rings (SSSR count). The zero-order chi connectivity index (χ0) is 25.4. The molecule has 1 aromatic heterocycles. The maximum absolute atomic E-state index is 13.5. The summed E-state index contributed by atoms with van der Waals surface area (Å²) in [7, 11) is -2.20. The van der Waals surface area contributed by atoms with Gasteiger partial charge in [-0.2, -0.15) is 0 Å². The molecule has 0 aliphatic heterocycles. The number of hydrogen-bond donors (Lipinski definition) is 2. The van der Waals surface area contributed by atoms with E-state index in [1.54, 1.807) is 0 Å². The van der Waals surface area contributed by atoms with E-state index in [1.807, 2.05) is 13.6 Å². The summed E-state index contributed by atoms with van der Waals surface area (Å²) in [5.41, 5.74) is -0.527. The van der Waals surface area contributed by atoms with Crippen molar-refractivity contribution in [1.82, 2.24) is 15.4 Å². The van der Waals surface area contributed by atoms with Gasteiger partial charge in [0, 0.05) is 0 Å². The summed E-state index contributed by atoms with van der Waals surface area (Å²) in [5, 5.41) is 5.60. The molecule has 0 bridgehead atoms. The predicted molar refractivity (Wildman–Crippen MR) is 125 cm³/mol. The second-order valence-electron chi connectivity index (χ2n) is 7.99. The van der Waals surface area contributed by atoms with Crippen LogP contribution in [0, 0.1) is 5.82 Å². The maximum atomic E-state index is 13.5. The standard InChI is InChI=1S/C22H27ClF4N3O3P/c1-3-34(2,30-21(32)14-33-17-8-9-18(23)19(24)11-17)10-4-5-20(31)29-13-16-7-6-15(12-28-16)22(25,26)27/h6-9,11-12,34H,3-5,10,13-14H2,1-2H3,(H,29,31)(H,30,32). The number of halogens is 5. The Morgan fingerprint density at radius 2 is 1.91 bits per heavy atom. The van der Waals surface area contributed by atoms with Gasteiger partial charge < -0.3 is 0 Å². The molecule has 0 spiro atoms. The number of carbonyl (C=O) groups excluding carboxylic acids is 2. The van der Waals surface area contributed by atoms with Gasteiger partial charge in [-0.05, 0) is 0 Å². The van der Waals surface area contributed by atoms with Gasteiger partial charge >= 0.3 is 201 Å². The Bertz CT molecular complexity index is 992. The molecule has 2 N–H and O–H groups in total. The fraction of sp³-hybridized carbons (Fsp3) is 0.409. The van der Waals surface area contributed by atoms with Crippen molar-refractivity contribution in [2.45, 2.75) is 32.5 Å². The van der Waals surface area contributed by atoms with Crippen molar-refractivity contribution >= 4 is 30.8 Å². The first kappa shape index (κ1) is 27.8. The zero-order valence-electron chi connectivity index (χ0n) is 18.8. The van der Waals surface area contributed by atoms with Crippen LogP contribution in [0.15, 0.2) is 36.5 Å². The Balaban J connectivity index is 1.73. The van der Waals surface area contributed by atoms with E-state index in [0.717, 1.165) is 24.5 Å². The number of nitrogens with one attached hydrogen (secondary N) is 2. The van der Waals surface area contributed by atoms with Crippen LogP contribution < -0.4 is 15.1 Å². The number of rotatable bonds is 11. The van der Waals surface area contributed by atoms with Crippen LogP contribution in [0.4, 0.5) is 17.6 Å². The van der Waals surface area contributed by atoms with E-state index < -0.39 is 25.0 Å². The monoisotopic (exact) mass is 523 g/mol. The molecule has 34 heavy (non-hydrogen) atoms. The SMILES string of the molecule is CC[PH](C)(CCCC(=O)NCc1ccc(C(F)(F)F)cn1)NC(=O)COc1ccc(Cl)c(F)c1. The minimum absolute atomic E-state index is 0.0266. The summed E-state index contributed by atoms with van der Waals surface area (Å²) in [6, 6.07) is 6.05. The first-order valence-corrected chi connectivity index (χ1v) is 13.9. The molecular formula is C22H27ClF4N3O3P. The molecule has 0 saturated carbocycles. The summed E-state index contributed by atoms with van der Waals surface area (Å²) in [4.78, 5) is 28.1. The first-order chi connectivity index (χ1) is 15.9. The Labute approximate surface area is 200 Å². The van der Waals surface area contributed by atoms with Crippen LogP contribution >= 0.6 is 19.0 Å². The number of pyridine rings is 1. The van der Waals surface area contributed by atoms with Crippen molar-refractivity contribution < 1.29 is 31.9 Å². The Kier molecular flexibility index (Phi) is 10.1. The van der Waals surface area contributed by atoms with E-state index in [9.17, 15) is 27.2 Å². The number of amides is 2. The van der Waals surface area contributed by atoms with E-state index in [-0.39, 0.29) is 42.2 Å². The van der Waals surface area contributed by atoms with Gasteiger partial charge in [-0.3, -0.25) is 0 Å². The minimum atomic E-state index is -4.46. The molecule has 0 fully saturated rings. The number of alkyl halides is 3. The summed E-state index contributed by atoms with van der Waals surface area (Å²) in [6.07, 6.45) is -1.59. The summed E-state index contributed by atoms with van der Waals surface area (Å²) >= 11 is 5.62. The van der Waals surface area contributed by atoms with Crippen LogP contribution in [0.3, 0.4) is 0 Å². The third kappa shape index (κ3) is 9.06. The predicted octanol–water partition coefficient (Wildman–Crippen LogP) is 4.80. The fourth-order valence-electron chi connectivity index (χ4n) is 3.03. The van der Waals surface area contributed by atoms with Gasteiger partial charge in [0.25, 0.3) is 0 Å². The average Bonchev–Trinajstić information content (AvgIpc) is 2.78. The zero-order valence-corrected chi connectivity index (χ0v) is 20.5. The molecule has 0 unspecified atom stereocenters. The molecule has 1 heterocycles. The van der Waals surface area contributed by atoms with Crippen LogP contribution in [-0.2, 0) is 22.3 Å². The molecule has 0 saturated heterocycles. The van der Waals surface area contributed by atoms with Crippen molar-refractivity contribution in [1.29, 1.82) is 0 Å². The number of nitrogens with zero attached hydrogens (tertiary/aromatic N) is 1. The molecule has 0 atom stereocenters. The molecule has 1 aromatic carbocycles. The normalized spacial score (nSPS) is 12.2. The number of ether oxygens (including phenoxy) is 1. The number of hydrogen-bond acceptors (Lipinski definition) is 4. The fourth-order valence-corrected chi connectivity index (χ4v) is 5.50. The summed E-state index contributed by atoms with van der Waals surface area (Å²) < 4.78 is 56.5. The van der Waals surface area contributed by atoms with Crippen molar-refractivity contribution in [3.8, 4) is 5.75 Å². The van der Waals surface area contributed by atoms with Gasteiger partial charge in [0.1, 0.15) is 0 Å².